The first kappa shape index (κ1) is 32.2. The van der Waals surface area contributed by atoms with Crippen LogP contribution < -0.4 is 9.62 Å². The Bertz CT molecular complexity index is 1400. The molecule has 220 valence electrons. The van der Waals surface area contributed by atoms with Gasteiger partial charge in [0.25, 0.3) is 0 Å². The fourth-order valence-corrected chi connectivity index (χ4v) is 5.85. The van der Waals surface area contributed by atoms with Gasteiger partial charge in [-0.25, -0.2) is 8.42 Å². The molecule has 3 aromatic carbocycles. The van der Waals surface area contributed by atoms with Gasteiger partial charge in [-0.15, -0.1) is 0 Å². The van der Waals surface area contributed by atoms with Crippen molar-refractivity contribution in [2.45, 2.75) is 65.1 Å². The normalized spacial score (nSPS) is 12.1. The Morgan fingerprint density at radius 1 is 0.902 bits per heavy atom. The molecule has 0 aliphatic heterocycles. The summed E-state index contributed by atoms with van der Waals surface area (Å²) < 4.78 is 26.6. The number of benzene rings is 3. The molecule has 0 unspecified atom stereocenters. The predicted molar refractivity (Wildman–Crippen MR) is 166 cm³/mol. The van der Waals surface area contributed by atoms with Crippen molar-refractivity contribution >= 4 is 39.1 Å². The van der Waals surface area contributed by atoms with Crippen molar-refractivity contribution in [3.8, 4) is 0 Å². The van der Waals surface area contributed by atoms with Crippen molar-refractivity contribution in [1.82, 2.24) is 10.2 Å². The number of hydrogen-bond donors (Lipinski definition) is 1. The molecule has 0 saturated carbocycles. The number of hydrogen-bond acceptors (Lipinski definition) is 4. The van der Waals surface area contributed by atoms with Crippen LogP contribution in [0.3, 0.4) is 0 Å². The molecule has 0 spiro atoms. The fourth-order valence-electron chi connectivity index (χ4n) is 4.67. The number of carbonyl (C=O) groups is 2. The van der Waals surface area contributed by atoms with Gasteiger partial charge in [-0.3, -0.25) is 13.9 Å². The van der Waals surface area contributed by atoms with Gasteiger partial charge in [0.1, 0.15) is 6.04 Å². The molecule has 3 rings (SSSR count). The third-order valence-corrected chi connectivity index (χ3v) is 8.16. The zero-order chi connectivity index (χ0) is 30.0. The minimum atomic E-state index is -3.56. The molecule has 1 atom stereocenters. The summed E-state index contributed by atoms with van der Waals surface area (Å²) in [5, 5.41) is 3.51. The van der Waals surface area contributed by atoms with E-state index in [1.165, 1.54) is 10.6 Å². The first-order valence-electron chi connectivity index (χ1n) is 13.9. The van der Waals surface area contributed by atoms with Gasteiger partial charge < -0.3 is 10.2 Å². The summed E-state index contributed by atoms with van der Waals surface area (Å²) in [4.78, 5) is 28.9. The van der Waals surface area contributed by atoms with Gasteiger partial charge in [-0.2, -0.15) is 0 Å². The Morgan fingerprint density at radius 3 is 2.15 bits per heavy atom. The maximum absolute atomic E-state index is 13.9. The Hall–Kier alpha value is -3.36. The van der Waals surface area contributed by atoms with Crippen molar-refractivity contribution in [1.29, 1.82) is 0 Å². The second-order valence-electron chi connectivity index (χ2n) is 10.5. The van der Waals surface area contributed by atoms with Crippen molar-refractivity contribution in [2.75, 3.05) is 17.1 Å². The van der Waals surface area contributed by atoms with Crippen LogP contribution in [0.25, 0.3) is 0 Å². The van der Waals surface area contributed by atoms with E-state index in [9.17, 15) is 18.0 Å². The summed E-state index contributed by atoms with van der Waals surface area (Å²) in [6.45, 7) is 6.14. The summed E-state index contributed by atoms with van der Waals surface area (Å²) in [7, 11) is -3.56. The number of nitrogens with one attached hydrogen (secondary N) is 1. The Balaban J connectivity index is 1.87. The van der Waals surface area contributed by atoms with Crippen molar-refractivity contribution < 1.29 is 18.0 Å². The Morgan fingerprint density at radius 2 is 1.56 bits per heavy atom. The van der Waals surface area contributed by atoms with E-state index in [1.54, 1.807) is 29.2 Å². The number of carbonyl (C=O) groups excluding carboxylic acids is 2. The quantitative estimate of drug-likeness (QED) is 0.262. The van der Waals surface area contributed by atoms with E-state index in [1.807, 2.05) is 75.4 Å². The van der Waals surface area contributed by atoms with Gasteiger partial charge in [0.15, 0.2) is 0 Å². The molecule has 2 amide bonds. The van der Waals surface area contributed by atoms with Crippen molar-refractivity contribution in [3.05, 3.63) is 101 Å². The smallest absolute Gasteiger partial charge is 0.243 e. The molecule has 0 radical (unpaired) electrons. The van der Waals surface area contributed by atoms with Crippen LogP contribution >= 0.6 is 11.6 Å². The molecule has 0 heterocycles. The van der Waals surface area contributed by atoms with Crippen LogP contribution in [-0.2, 0) is 39.0 Å². The van der Waals surface area contributed by atoms with Crippen LogP contribution in [0.5, 0.6) is 0 Å². The third kappa shape index (κ3) is 9.90. The number of aryl methyl sites for hydroxylation is 1. The van der Waals surface area contributed by atoms with Crippen LogP contribution in [-0.4, -0.2) is 50.0 Å². The lowest BCUT2D eigenvalue weighted by atomic mass is 10.0. The average Bonchev–Trinajstić information content (AvgIpc) is 2.92. The highest BCUT2D eigenvalue weighted by Crippen LogP contribution is 2.22. The average molecular weight is 598 g/mol. The SMILES string of the molecule is CCc1ccc(N(CCCC(=O)N(Cc2cccc(Cl)c2)[C@H](Cc2ccccc2)C(=O)NC(C)C)S(C)(=O)=O)cc1. The maximum Gasteiger partial charge on any atom is 0.243 e. The molecule has 0 aliphatic rings. The van der Waals surface area contributed by atoms with Crippen LogP contribution in [0, 0.1) is 0 Å². The highest BCUT2D eigenvalue weighted by molar-refractivity contribution is 7.92. The Kier molecular flexibility index (Phi) is 11.8. The van der Waals surface area contributed by atoms with Crippen LogP contribution in [0.2, 0.25) is 5.02 Å². The first-order valence-corrected chi connectivity index (χ1v) is 16.2. The van der Waals surface area contributed by atoms with E-state index >= 15 is 0 Å². The molecular formula is C32H40ClN3O4S. The van der Waals surface area contributed by atoms with E-state index in [0.717, 1.165) is 23.1 Å². The lowest BCUT2D eigenvalue weighted by molar-refractivity contribution is -0.141. The van der Waals surface area contributed by atoms with Crippen molar-refractivity contribution in [3.63, 3.8) is 0 Å². The van der Waals surface area contributed by atoms with Crippen LogP contribution in [0.15, 0.2) is 78.9 Å². The van der Waals surface area contributed by atoms with Gasteiger partial charge in [0.05, 0.1) is 11.9 Å². The summed E-state index contributed by atoms with van der Waals surface area (Å²) in [6.07, 6.45) is 2.72. The van der Waals surface area contributed by atoms with Gasteiger partial charge >= 0.3 is 0 Å². The van der Waals surface area contributed by atoms with Crippen LogP contribution in [0.1, 0.15) is 50.3 Å². The topological polar surface area (TPSA) is 86.8 Å². The first-order chi connectivity index (χ1) is 19.5. The lowest BCUT2D eigenvalue weighted by Gasteiger charge is -2.32. The largest absolute Gasteiger partial charge is 0.352 e. The summed E-state index contributed by atoms with van der Waals surface area (Å²) in [5.74, 6) is -0.479. The minimum absolute atomic E-state index is 0.0693. The fraction of sp³-hybridized carbons (Fsp3) is 0.375. The van der Waals surface area contributed by atoms with E-state index in [0.29, 0.717) is 17.1 Å². The zero-order valence-corrected chi connectivity index (χ0v) is 25.8. The minimum Gasteiger partial charge on any atom is -0.352 e. The molecular weight excluding hydrogens is 558 g/mol. The number of rotatable bonds is 14. The highest BCUT2D eigenvalue weighted by atomic mass is 35.5. The third-order valence-electron chi connectivity index (χ3n) is 6.73. The summed E-state index contributed by atoms with van der Waals surface area (Å²) in [6, 6.07) is 23.4. The van der Waals surface area contributed by atoms with Gasteiger partial charge in [0.2, 0.25) is 21.8 Å². The molecule has 9 heteroatoms. The standard InChI is InChI=1S/C32H40ClN3O4S/c1-5-25-16-18-29(19-17-25)36(41(4,39)40)20-10-15-31(37)35(23-27-13-9-14-28(33)21-27)30(32(38)34-24(2)3)22-26-11-7-6-8-12-26/h6-9,11-14,16-19,21,24,30H,5,10,15,20,22-23H2,1-4H3,(H,34,38)/t30-/m1/s1. The number of halogens is 1. The highest BCUT2D eigenvalue weighted by Gasteiger charge is 2.31. The van der Waals surface area contributed by atoms with Crippen LogP contribution in [0.4, 0.5) is 5.69 Å². The van der Waals surface area contributed by atoms with E-state index < -0.39 is 16.1 Å². The molecule has 41 heavy (non-hydrogen) atoms. The van der Waals surface area contributed by atoms with E-state index in [2.05, 4.69) is 5.32 Å². The monoisotopic (exact) mass is 597 g/mol. The molecule has 0 aromatic heterocycles. The summed E-state index contributed by atoms with van der Waals surface area (Å²) >= 11 is 6.24. The zero-order valence-electron chi connectivity index (χ0n) is 24.2. The number of sulfonamides is 1. The number of amides is 2. The second kappa shape index (κ2) is 15.0. The maximum atomic E-state index is 13.9. The Labute approximate surface area is 249 Å². The van der Waals surface area contributed by atoms with Gasteiger partial charge in [-0.05, 0) is 67.6 Å². The molecule has 0 saturated heterocycles. The molecule has 0 fully saturated rings. The van der Waals surface area contributed by atoms with Crippen molar-refractivity contribution in [2.24, 2.45) is 0 Å². The lowest BCUT2D eigenvalue weighted by Crippen LogP contribution is -2.51. The second-order valence-corrected chi connectivity index (χ2v) is 12.8. The molecule has 1 N–H and O–H groups in total. The number of nitrogens with zero attached hydrogens (tertiary/aromatic N) is 2. The van der Waals surface area contributed by atoms with E-state index in [-0.39, 0.29) is 43.8 Å². The molecule has 0 aliphatic carbocycles. The van der Waals surface area contributed by atoms with Gasteiger partial charge in [-0.1, -0.05) is 73.1 Å². The number of anilines is 1. The summed E-state index contributed by atoms with van der Waals surface area (Å²) in [5.41, 5.74) is 3.40. The predicted octanol–water partition coefficient (Wildman–Crippen LogP) is 5.61. The molecule has 0 bridgehead atoms. The molecule has 3 aromatic rings. The van der Waals surface area contributed by atoms with Gasteiger partial charge in [0, 0.05) is 37.0 Å². The van der Waals surface area contributed by atoms with E-state index in [4.69, 9.17) is 11.6 Å². The molecule has 7 nitrogen and oxygen atoms in total.